The van der Waals surface area contributed by atoms with Crippen LogP contribution in [-0.4, -0.2) is 21.6 Å². The van der Waals surface area contributed by atoms with Crippen LogP contribution in [0.4, 0.5) is 8.78 Å². The van der Waals surface area contributed by atoms with Crippen LogP contribution < -0.4 is 0 Å². The van der Waals surface area contributed by atoms with Crippen LogP contribution in [0.25, 0.3) is 21.5 Å². The smallest absolute Gasteiger partial charge is 0.170 e. The lowest BCUT2D eigenvalue weighted by molar-refractivity contribution is 0.0304. The number of hydrogen-bond donors (Lipinski definition) is 0. The Kier molecular flexibility index (Phi) is 17.5. The molecule has 0 saturated carbocycles. The standard InChI is InChI=1S/C37H59F2N3OS/c1-5-7-9-11-13-15-16-18-20-22-24-31(23-21-19-17-14-12-10-8-6-2)27-43-28-42-40-36-30(4)34(38)35(39)33(37(36)41-42)32-26-25-29(3)44-32/h25-26,31H,5-24,27-28H2,1-4H3. The third-order valence-electron chi connectivity index (χ3n) is 8.97. The third kappa shape index (κ3) is 12.2. The maximum absolute atomic E-state index is 15.1. The first-order valence-electron chi connectivity index (χ1n) is 17.8. The molecule has 44 heavy (non-hydrogen) atoms. The van der Waals surface area contributed by atoms with Gasteiger partial charge in [0.25, 0.3) is 0 Å². The summed E-state index contributed by atoms with van der Waals surface area (Å²) in [5, 5.41) is 9.11. The Hall–Kier alpha value is -1.86. The van der Waals surface area contributed by atoms with E-state index in [0.29, 0.717) is 28.4 Å². The van der Waals surface area contributed by atoms with Crippen molar-refractivity contribution < 1.29 is 13.5 Å². The van der Waals surface area contributed by atoms with Crippen LogP contribution in [0.3, 0.4) is 0 Å². The second-order valence-corrected chi connectivity index (χ2v) is 14.2. The summed E-state index contributed by atoms with van der Waals surface area (Å²) in [7, 11) is 0. The number of nitrogens with zero attached hydrogens (tertiary/aromatic N) is 3. The average molecular weight is 632 g/mol. The van der Waals surface area contributed by atoms with Gasteiger partial charge in [-0.1, -0.05) is 129 Å². The maximum Gasteiger partial charge on any atom is 0.170 e. The molecule has 0 aliphatic carbocycles. The van der Waals surface area contributed by atoms with E-state index < -0.39 is 11.6 Å². The van der Waals surface area contributed by atoms with Crippen molar-refractivity contribution in [3.63, 3.8) is 0 Å². The summed E-state index contributed by atoms with van der Waals surface area (Å²) in [6.45, 7) is 8.92. The molecular weight excluding hydrogens is 572 g/mol. The van der Waals surface area contributed by atoms with Crippen LogP contribution in [0.2, 0.25) is 0 Å². The summed E-state index contributed by atoms with van der Waals surface area (Å²) in [6, 6.07) is 3.74. The number of rotatable bonds is 25. The molecule has 0 saturated heterocycles. The Balaban J connectivity index is 1.51. The third-order valence-corrected chi connectivity index (χ3v) is 9.99. The highest BCUT2D eigenvalue weighted by molar-refractivity contribution is 7.15. The minimum Gasteiger partial charge on any atom is -0.357 e. The van der Waals surface area contributed by atoms with Crippen molar-refractivity contribution in [2.45, 2.75) is 163 Å². The van der Waals surface area contributed by atoms with Gasteiger partial charge in [0.15, 0.2) is 18.4 Å². The topological polar surface area (TPSA) is 39.9 Å². The number of benzene rings is 1. The van der Waals surface area contributed by atoms with E-state index in [-0.39, 0.29) is 17.9 Å². The fourth-order valence-corrected chi connectivity index (χ4v) is 7.11. The van der Waals surface area contributed by atoms with Gasteiger partial charge in [-0.05, 0) is 44.7 Å². The molecule has 1 atom stereocenters. The van der Waals surface area contributed by atoms with Crippen LogP contribution in [0.1, 0.15) is 153 Å². The van der Waals surface area contributed by atoms with Crippen LogP contribution in [-0.2, 0) is 11.5 Å². The summed E-state index contributed by atoms with van der Waals surface area (Å²) in [5.41, 5.74) is 1.18. The number of hydrogen-bond acceptors (Lipinski definition) is 4. The number of aryl methyl sites for hydroxylation is 2. The molecule has 2 heterocycles. The SMILES string of the molecule is CCCCCCCCCCCCC(CCCCCCCCCC)COCn1nc2c(C)c(F)c(F)c(-c3ccc(C)s3)c2n1. The number of thiophene rings is 1. The predicted molar refractivity (Wildman–Crippen MR) is 183 cm³/mol. The fraction of sp³-hybridized carbons (Fsp3) is 0.730. The molecule has 0 aliphatic rings. The highest BCUT2D eigenvalue weighted by atomic mass is 32.1. The normalized spacial score (nSPS) is 12.5. The summed E-state index contributed by atoms with van der Waals surface area (Å²) in [5.74, 6) is -1.18. The molecule has 1 unspecified atom stereocenters. The molecule has 7 heteroatoms. The van der Waals surface area contributed by atoms with E-state index in [1.807, 2.05) is 19.1 Å². The first-order valence-corrected chi connectivity index (χ1v) is 18.6. The second-order valence-electron chi connectivity index (χ2n) is 12.9. The molecule has 3 aromatic rings. The molecule has 0 amide bonds. The van der Waals surface area contributed by atoms with Crippen LogP contribution in [0.15, 0.2) is 12.1 Å². The Morgan fingerprint density at radius 3 is 1.68 bits per heavy atom. The largest absolute Gasteiger partial charge is 0.357 e. The van der Waals surface area contributed by atoms with Gasteiger partial charge in [-0.25, -0.2) is 8.78 Å². The molecule has 2 aromatic heterocycles. The molecule has 4 nitrogen and oxygen atoms in total. The number of unbranched alkanes of at least 4 members (excludes halogenated alkanes) is 16. The van der Waals surface area contributed by atoms with Gasteiger partial charge in [0, 0.05) is 15.3 Å². The average Bonchev–Trinajstić information content (AvgIpc) is 3.64. The zero-order valence-electron chi connectivity index (χ0n) is 28.2. The zero-order valence-corrected chi connectivity index (χ0v) is 29.0. The summed E-state index contributed by atoms with van der Waals surface area (Å²) in [4.78, 5) is 3.17. The maximum atomic E-state index is 15.1. The van der Waals surface area contributed by atoms with Crippen molar-refractivity contribution in [3.8, 4) is 10.4 Å². The van der Waals surface area contributed by atoms with Gasteiger partial charge in [0.05, 0.1) is 12.2 Å². The molecule has 0 N–H and O–H groups in total. The summed E-state index contributed by atoms with van der Waals surface area (Å²) >= 11 is 1.43. The number of halogens is 2. The van der Waals surface area contributed by atoms with E-state index >= 15 is 4.39 Å². The van der Waals surface area contributed by atoms with Gasteiger partial charge in [0.1, 0.15) is 11.0 Å². The van der Waals surface area contributed by atoms with Gasteiger partial charge in [0.2, 0.25) is 0 Å². The van der Waals surface area contributed by atoms with E-state index in [4.69, 9.17) is 4.74 Å². The van der Waals surface area contributed by atoms with Crippen LogP contribution in [0, 0.1) is 31.4 Å². The van der Waals surface area contributed by atoms with Crippen molar-refractivity contribution in [2.24, 2.45) is 5.92 Å². The summed E-state index contributed by atoms with van der Waals surface area (Å²) in [6.07, 6.45) is 26.5. The molecule has 0 aliphatic heterocycles. The molecule has 3 rings (SSSR count). The molecule has 248 valence electrons. The highest BCUT2D eigenvalue weighted by Crippen LogP contribution is 2.37. The first-order chi connectivity index (χ1) is 21.5. The van der Waals surface area contributed by atoms with Gasteiger partial charge < -0.3 is 4.74 Å². The lowest BCUT2D eigenvalue weighted by Crippen LogP contribution is -2.14. The van der Waals surface area contributed by atoms with Gasteiger partial charge in [-0.15, -0.1) is 11.3 Å². The van der Waals surface area contributed by atoms with Crippen LogP contribution >= 0.6 is 11.3 Å². The van der Waals surface area contributed by atoms with Crippen molar-refractivity contribution in [1.82, 2.24) is 15.0 Å². The molecule has 1 aromatic carbocycles. The predicted octanol–water partition coefficient (Wildman–Crippen LogP) is 12.5. The molecule has 0 fully saturated rings. The van der Waals surface area contributed by atoms with Crippen molar-refractivity contribution in [3.05, 3.63) is 34.2 Å². The van der Waals surface area contributed by atoms with E-state index in [1.54, 1.807) is 6.92 Å². The van der Waals surface area contributed by atoms with E-state index in [9.17, 15) is 4.39 Å². The molecule has 0 bridgehead atoms. The van der Waals surface area contributed by atoms with Gasteiger partial charge in [-0.3, -0.25) is 0 Å². The van der Waals surface area contributed by atoms with Crippen LogP contribution in [0.5, 0.6) is 0 Å². The fourth-order valence-electron chi connectivity index (χ4n) is 6.20. The second kappa shape index (κ2) is 21.0. The lowest BCUT2D eigenvalue weighted by atomic mass is 9.94. The highest BCUT2D eigenvalue weighted by Gasteiger charge is 2.24. The van der Waals surface area contributed by atoms with E-state index in [1.165, 1.54) is 145 Å². The quantitative estimate of drug-likeness (QED) is 0.0873. The molecule has 0 spiro atoms. The number of aromatic nitrogens is 3. The minimum atomic E-state index is -0.855. The van der Waals surface area contributed by atoms with Gasteiger partial charge >= 0.3 is 0 Å². The van der Waals surface area contributed by atoms with Crippen molar-refractivity contribution in [2.75, 3.05) is 6.61 Å². The Morgan fingerprint density at radius 2 is 1.18 bits per heavy atom. The lowest BCUT2D eigenvalue weighted by Gasteiger charge is -2.17. The van der Waals surface area contributed by atoms with Gasteiger partial charge in [-0.2, -0.15) is 15.0 Å². The Morgan fingerprint density at radius 1 is 0.682 bits per heavy atom. The van der Waals surface area contributed by atoms with E-state index in [0.717, 1.165) is 4.88 Å². The number of ether oxygens (including phenoxy) is 1. The first kappa shape index (κ1) is 36.6. The van der Waals surface area contributed by atoms with Crippen molar-refractivity contribution in [1.29, 1.82) is 0 Å². The Labute approximate surface area is 270 Å². The summed E-state index contributed by atoms with van der Waals surface area (Å²) < 4.78 is 36.1. The zero-order chi connectivity index (χ0) is 31.6. The molecule has 0 radical (unpaired) electrons. The Bertz CT molecular complexity index is 1210. The molecular formula is C37H59F2N3OS. The monoisotopic (exact) mass is 631 g/mol. The number of fused-ring (bicyclic) bond motifs is 1. The minimum absolute atomic E-state index is 0.187. The van der Waals surface area contributed by atoms with Crippen molar-refractivity contribution >= 4 is 22.4 Å². The van der Waals surface area contributed by atoms with E-state index in [2.05, 4.69) is 24.0 Å².